The first-order chi connectivity index (χ1) is 53.8. The van der Waals surface area contributed by atoms with E-state index in [-0.39, 0.29) is 0 Å². The van der Waals surface area contributed by atoms with Gasteiger partial charge in [0.2, 0.25) is 22.8 Å². The number of aromatic nitrogens is 5. The highest BCUT2D eigenvalue weighted by atomic mass is 32.1. The molecule has 520 valence electrons. The van der Waals surface area contributed by atoms with Gasteiger partial charge in [-0.05, 0) is 144 Å². The van der Waals surface area contributed by atoms with Crippen molar-refractivity contribution >= 4 is 169 Å². The highest BCUT2D eigenvalue weighted by molar-refractivity contribution is 7.28. The van der Waals surface area contributed by atoms with Crippen LogP contribution in [0.2, 0.25) is 0 Å². The Bertz CT molecular complexity index is 7330. The number of pyridine rings is 5. The zero-order chi connectivity index (χ0) is 76.1. The Morgan fingerprint density at radius 3 is 1.11 bits per heavy atom. The van der Waals surface area contributed by atoms with E-state index in [1.54, 1.807) is 12.1 Å². The Balaban J connectivity index is 0.000000104. The zero-order valence-corrected chi connectivity index (χ0v) is 64.9. The summed E-state index contributed by atoms with van der Waals surface area (Å²) in [5, 5.41) is 19.5. The van der Waals surface area contributed by atoms with Crippen molar-refractivity contribution in [3.05, 3.63) is 331 Å². The molecule has 0 aliphatic rings. The second kappa shape index (κ2) is 27.9. The quantitative estimate of drug-likeness (QED) is 0.158. The highest BCUT2D eigenvalue weighted by Gasteiger charge is 2.24. The van der Waals surface area contributed by atoms with Crippen LogP contribution >= 0.6 is 45.3 Å². The van der Waals surface area contributed by atoms with Crippen LogP contribution in [-0.2, 0) is 28.2 Å². The highest BCUT2D eigenvalue weighted by Crippen LogP contribution is 2.44. The minimum atomic E-state index is -2.08. The number of fused-ring (bicyclic) bond motifs is 20. The number of hydrogen-bond acceptors (Lipinski definition) is 5. The van der Waals surface area contributed by atoms with Crippen LogP contribution in [0.1, 0.15) is 37.5 Å². The van der Waals surface area contributed by atoms with E-state index >= 15 is 0 Å². The van der Waals surface area contributed by atoms with Crippen molar-refractivity contribution in [3.8, 4) is 56.2 Å². The van der Waals surface area contributed by atoms with Crippen molar-refractivity contribution in [1.29, 1.82) is 0 Å². The minimum absolute atomic E-state index is 0.385. The van der Waals surface area contributed by atoms with Crippen LogP contribution in [0.25, 0.3) is 180 Å². The summed E-state index contributed by atoms with van der Waals surface area (Å²) >= 11 is 7.46. The molecular weight excluding hydrogens is 1390 g/mol. The SMILES string of the molecule is Cc1ccc(-c2cc3sc4c5ccccc5ccc4c3c[n+]2C)c(C)c1.Cc1ccccc1-c1cc2sc3c(ccc4cccnc43)c2c[n+]1C.Cc1ccccc1-c1cc2sc3c4ccc(-c5ccccc5)cc4ccc3c2c[n+]1C.[2H]C([2H])([2H])c1ccc(-c2cc3sc4c5ccccc5ccc4c3c[n+]2C)c(C)c1. The van der Waals surface area contributed by atoms with Crippen molar-refractivity contribution in [2.24, 2.45) is 28.2 Å². The number of aryl methyl sites for hydroxylation is 10. The summed E-state index contributed by atoms with van der Waals surface area (Å²) in [4.78, 5) is 4.63. The molecule has 0 spiro atoms. The van der Waals surface area contributed by atoms with Gasteiger partial charge in [0.1, 0.15) is 28.2 Å². The number of hydrogen-bond donors (Lipinski definition) is 0. The molecule has 21 aromatic rings. The Labute approximate surface area is 648 Å². The van der Waals surface area contributed by atoms with Gasteiger partial charge in [-0.1, -0.05) is 217 Å². The summed E-state index contributed by atoms with van der Waals surface area (Å²) in [6.45, 7) is 8.60. The van der Waals surface area contributed by atoms with Gasteiger partial charge in [0, 0.05) is 117 Å². The number of rotatable bonds is 5. The maximum atomic E-state index is 7.65. The average Bonchev–Trinajstić information content (AvgIpc) is 1.63. The lowest BCUT2D eigenvalue weighted by Crippen LogP contribution is -2.30. The van der Waals surface area contributed by atoms with Crippen LogP contribution < -0.4 is 18.3 Å². The number of thiophene rings is 4. The first kappa shape index (κ1) is 64.7. The Hall–Kier alpha value is -11.7. The van der Waals surface area contributed by atoms with Crippen LogP contribution in [0.15, 0.2) is 298 Å². The molecule has 9 heterocycles. The molecule has 0 radical (unpaired) electrons. The Morgan fingerprint density at radius 2 is 0.639 bits per heavy atom. The van der Waals surface area contributed by atoms with Crippen LogP contribution in [0.5, 0.6) is 0 Å². The molecule has 9 aromatic heterocycles. The average molecular weight is 1470 g/mol. The van der Waals surface area contributed by atoms with Crippen molar-refractivity contribution < 1.29 is 22.4 Å². The normalized spacial score (nSPS) is 12.1. The molecule has 0 unspecified atom stereocenters. The van der Waals surface area contributed by atoms with Crippen molar-refractivity contribution in [1.82, 2.24) is 4.98 Å². The molecule has 0 bridgehead atoms. The molecule has 9 heteroatoms. The van der Waals surface area contributed by atoms with Crippen molar-refractivity contribution in [3.63, 3.8) is 0 Å². The third-order valence-corrected chi connectivity index (χ3v) is 26.3. The lowest BCUT2D eigenvalue weighted by Gasteiger charge is -2.05. The van der Waals surface area contributed by atoms with Gasteiger partial charge >= 0.3 is 0 Å². The molecule has 0 aliphatic heterocycles. The van der Waals surface area contributed by atoms with Gasteiger partial charge in [0.15, 0.2) is 24.8 Å². The van der Waals surface area contributed by atoms with Crippen molar-refractivity contribution in [2.45, 2.75) is 41.5 Å². The van der Waals surface area contributed by atoms with Gasteiger partial charge in [-0.3, -0.25) is 4.98 Å². The standard InChI is InChI=1S/C29H22NS.2C24H20NS.C22H17N2S/c1-19-8-6-7-11-23(19)27-17-28-26(18-30(27)2)25-15-13-22-16-21(20-9-4-3-5-10-20)12-14-24(22)29(25)31-28;2*1-15-8-10-18(16(2)12-15)22-13-23-21(14-25(22)3)20-11-9-17-6-4-5-7-19(17)24(20)26-23;1-14-6-3-4-8-16(14)19-12-20-18(13-24(19)2)17-10-9-15-7-5-11-23-21(15)22(17)25-20/h3-18H,1-2H3;2*4-14H,1-3H3;3-13H,1-2H3/q4*+1/i;1D3;;. The summed E-state index contributed by atoms with van der Waals surface area (Å²) in [5.74, 6) is 0. The molecule has 5 nitrogen and oxygen atoms in total. The van der Waals surface area contributed by atoms with Crippen LogP contribution in [0.4, 0.5) is 0 Å². The molecule has 0 atom stereocenters. The predicted octanol–water partition coefficient (Wildman–Crippen LogP) is 25.7. The first-order valence-corrected chi connectivity index (χ1v) is 39.8. The Kier molecular flexibility index (Phi) is 16.7. The third-order valence-electron chi connectivity index (χ3n) is 21.5. The monoisotopic (exact) mass is 1470 g/mol. The van der Waals surface area contributed by atoms with Gasteiger partial charge in [-0.15, -0.1) is 45.3 Å². The molecule has 0 N–H and O–H groups in total. The van der Waals surface area contributed by atoms with E-state index in [0.717, 1.165) is 22.3 Å². The molecule has 0 amide bonds. The third kappa shape index (κ3) is 12.3. The first-order valence-electron chi connectivity index (χ1n) is 38.1. The number of benzene rings is 12. The minimum Gasteiger partial charge on any atom is -0.255 e. The van der Waals surface area contributed by atoms with Gasteiger partial charge in [-0.2, -0.15) is 0 Å². The Morgan fingerprint density at radius 1 is 0.269 bits per heavy atom. The van der Waals surface area contributed by atoms with Crippen LogP contribution in [0, 0.1) is 41.5 Å². The van der Waals surface area contributed by atoms with E-state index in [2.05, 4.69) is 347 Å². The smallest absolute Gasteiger partial charge is 0.213 e. The van der Waals surface area contributed by atoms with E-state index in [0.29, 0.717) is 5.56 Å². The van der Waals surface area contributed by atoms with E-state index in [1.807, 2.05) is 70.6 Å². The fourth-order valence-corrected chi connectivity index (χ4v) is 20.9. The van der Waals surface area contributed by atoms with Crippen LogP contribution in [-0.4, -0.2) is 4.98 Å². The van der Waals surface area contributed by atoms with Gasteiger partial charge < -0.3 is 0 Å². The fourth-order valence-electron chi connectivity index (χ4n) is 15.9. The summed E-state index contributed by atoms with van der Waals surface area (Å²) in [7, 11) is 8.48. The largest absolute Gasteiger partial charge is 0.255 e. The summed E-state index contributed by atoms with van der Waals surface area (Å²) in [5.41, 5.74) is 20.0. The fraction of sp³-hybridized carbons (Fsp3) is 0.101. The lowest BCUT2D eigenvalue weighted by atomic mass is 10.00. The molecule has 0 saturated carbocycles. The zero-order valence-electron chi connectivity index (χ0n) is 64.7. The molecule has 0 saturated heterocycles. The van der Waals surface area contributed by atoms with E-state index in [9.17, 15) is 0 Å². The summed E-state index contributed by atoms with van der Waals surface area (Å²) in [6, 6.07) is 95.2. The molecule has 21 rings (SSSR count). The number of nitrogens with zero attached hydrogens (tertiary/aromatic N) is 5. The van der Waals surface area contributed by atoms with Gasteiger partial charge in [0.25, 0.3) is 0 Å². The van der Waals surface area contributed by atoms with Gasteiger partial charge in [0.05, 0.1) is 31.8 Å². The van der Waals surface area contributed by atoms with Crippen LogP contribution in [0.3, 0.4) is 0 Å². The molecule has 108 heavy (non-hydrogen) atoms. The summed E-state index contributed by atoms with van der Waals surface area (Å²) in [6.07, 6.45) is 10.9. The summed E-state index contributed by atoms with van der Waals surface area (Å²) < 4.78 is 42.4. The second-order valence-electron chi connectivity index (χ2n) is 28.7. The molecule has 0 aliphatic carbocycles. The lowest BCUT2D eigenvalue weighted by molar-refractivity contribution is -0.659. The van der Waals surface area contributed by atoms with Gasteiger partial charge in [-0.25, -0.2) is 18.3 Å². The second-order valence-corrected chi connectivity index (χ2v) is 32.9. The maximum absolute atomic E-state index is 7.65. The van der Waals surface area contributed by atoms with E-state index < -0.39 is 6.85 Å². The molecular formula is C99H79N5S4+4. The molecule has 12 aromatic carbocycles. The molecule has 0 fully saturated rings. The van der Waals surface area contributed by atoms with E-state index in [1.165, 1.54) is 186 Å². The topological polar surface area (TPSA) is 28.4 Å². The predicted molar refractivity (Wildman–Crippen MR) is 465 cm³/mol. The van der Waals surface area contributed by atoms with Crippen molar-refractivity contribution in [2.75, 3.05) is 0 Å². The maximum Gasteiger partial charge on any atom is 0.213 e. The van der Waals surface area contributed by atoms with E-state index in [4.69, 9.17) is 4.11 Å².